The molecule has 1 aliphatic heterocycles. The van der Waals surface area contributed by atoms with Crippen molar-refractivity contribution in [3.05, 3.63) is 17.5 Å². The van der Waals surface area contributed by atoms with Crippen LogP contribution in [0, 0.1) is 12.8 Å². The van der Waals surface area contributed by atoms with Gasteiger partial charge in [0.1, 0.15) is 0 Å². The molecule has 0 unspecified atom stereocenters. The van der Waals surface area contributed by atoms with Crippen molar-refractivity contribution in [1.82, 2.24) is 35.2 Å². The van der Waals surface area contributed by atoms with E-state index in [0.717, 1.165) is 44.1 Å². The third kappa shape index (κ3) is 4.37. The van der Waals surface area contributed by atoms with E-state index < -0.39 is 0 Å². The summed E-state index contributed by atoms with van der Waals surface area (Å²) < 4.78 is 5.05. The molecular weight excluding hydrogens is 306 g/mol. The van der Waals surface area contributed by atoms with Crippen molar-refractivity contribution < 1.29 is 4.52 Å². The molecule has 24 heavy (non-hydrogen) atoms. The Balaban J connectivity index is 1.41. The molecule has 0 atom stereocenters. The molecule has 3 rings (SSSR count). The molecule has 0 aromatic carbocycles. The summed E-state index contributed by atoms with van der Waals surface area (Å²) in [7, 11) is 0. The predicted molar refractivity (Wildman–Crippen MR) is 88.4 cm³/mol. The lowest BCUT2D eigenvalue weighted by Crippen LogP contribution is -2.36. The first-order chi connectivity index (χ1) is 11.4. The number of aromatic nitrogens is 6. The quantitative estimate of drug-likeness (QED) is 0.821. The Labute approximate surface area is 142 Å². The Bertz CT molecular complexity index is 649. The van der Waals surface area contributed by atoms with Gasteiger partial charge in [0.05, 0.1) is 5.54 Å². The average Bonchev–Trinajstić information content (AvgIpc) is 3.15. The van der Waals surface area contributed by atoms with Crippen molar-refractivity contribution in [3.63, 3.8) is 0 Å². The van der Waals surface area contributed by atoms with E-state index in [4.69, 9.17) is 4.52 Å². The van der Waals surface area contributed by atoms with E-state index in [9.17, 15) is 0 Å². The van der Waals surface area contributed by atoms with Crippen LogP contribution < -0.4 is 0 Å². The largest absolute Gasteiger partial charge is 0.340 e. The van der Waals surface area contributed by atoms with Crippen LogP contribution in [0.5, 0.6) is 0 Å². The smallest absolute Gasteiger partial charge is 0.223 e. The number of tetrazole rings is 1. The number of hydrogen-bond donors (Lipinski definition) is 0. The van der Waals surface area contributed by atoms with Crippen LogP contribution in [0.2, 0.25) is 0 Å². The molecule has 0 radical (unpaired) electrons. The summed E-state index contributed by atoms with van der Waals surface area (Å²) in [5, 5.41) is 16.8. The summed E-state index contributed by atoms with van der Waals surface area (Å²) in [5.74, 6) is 2.97. The van der Waals surface area contributed by atoms with E-state index in [1.807, 2.05) is 6.92 Å². The Morgan fingerprint density at radius 3 is 2.50 bits per heavy atom. The minimum atomic E-state index is -0.114. The monoisotopic (exact) mass is 333 g/mol. The fourth-order valence-electron chi connectivity index (χ4n) is 2.98. The molecule has 0 aliphatic carbocycles. The van der Waals surface area contributed by atoms with Gasteiger partial charge in [-0.15, -0.1) is 10.2 Å². The van der Waals surface area contributed by atoms with Gasteiger partial charge >= 0.3 is 0 Å². The van der Waals surface area contributed by atoms with Crippen LogP contribution >= 0.6 is 0 Å². The summed E-state index contributed by atoms with van der Waals surface area (Å²) in [5.41, 5.74) is -0.114. The minimum Gasteiger partial charge on any atom is -0.340 e. The van der Waals surface area contributed by atoms with E-state index in [-0.39, 0.29) is 5.54 Å². The molecule has 1 saturated heterocycles. The van der Waals surface area contributed by atoms with Gasteiger partial charge in [0.15, 0.2) is 11.6 Å². The van der Waals surface area contributed by atoms with Crippen LogP contribution in [0.4, 0.5) is 0 Å². The van der Waals surface area contributed by atoms with Crippen molar-refractivity contribution >= 4 is 0 Å². The highest BCUT2D eigenvalue weighted by molar-refractivity contribution is 4.89. The van der Waals surface area contributed by atoms with Gasteiger partial charge in [0, 0.05) is 26.3 Å². The number of nitrogens with zero attached hydrogens (tertiary/aromatic N) is 7. The maximum Gasteiger partial charge on any atom is 0.223 e. The fraction of sp³-hybridized carbons (Fsp3) is 0.812. The Morgan fingerprint density at radius 2 is 1.92 bits per heavy atom. The lowest BCUT2D eigenvalue weighted by molar-refractivity contribution is 0.183. The third-order valence-electron chi connectivity index (χ3n) is 4.45. The fourth-order valence-corrected chi connectivity index (χ4v) is 2.98. The summed E-state index contributed by atoms with van der Waals surface area (Å²) in [6.07, 6.45) is 4.13. The molecule has 0 N–H and O–H groups in total. The van der Waals surface area contributed by atoms with Crippen LogP contribution in [0.25, 0.3) is 0 Å². The van der Waals surface area contributed by atoms with Gasteiger partial charge in [0.25, 0.3) is 0 Å². The lowest BCUT2D eigenvalue weighted by Gasteiger charge is -2.31. The van der Waals surface area contributed by atoms with Gasteiger partial charge in [-0.1, -0.05) is 5.16 Å². The maximum atomic E-state index is 5.05. The molecule has 0 bridgehead atoms. The first kappa shape index (κ1) is 17.0. The van der Waals surface area contributed by atoms with Gasteiger partial charge in [-0.2, -0.15) is 9.78 Å². The van der Waals surface area contributed by atoms with Crippen molar-refractivity contribution in [2.24, 2.45) is 5.92 Å². The van der Waals surface area contributed by atoms with Gasteiger partial charge in [-0.05, 0) is 57.8 Å². The van der Waals surface area contributed by atoms with Gasteiger partial charge < -0.3 is 9.42 Å². The number of rotatable bonds is 5. The van der Waals surface area contributed by atoms with E-state index in [0.29, 0.717) is 11.8 Å². The third-order valence-corrected chi connectivity index (χ3v) is 4.45. The average molecular weight is 333 g/mol. The maximum absolute atomic E-state index is 5.05. The Hall–Kier alpha value is -1.83. The highest BCUT2D eigenvalue weighted by Crippen LogP contribution is 2.20. The molecular formula is C16H27N7O. The Kier molecular flexibility index (Phi) is 4.93. The van der Waals surface area contributed by atoms with Gasteiger partial charge in [0.2, 0.25) is 5.89 Å². The van der Waals surface area contributed by atoms with Crippen LogP contribution in [0.1, 0.15) is 51.2 Å². The molecule has 8 heteroatoms. The highest BCUT2D eigenvalue weighted by atomic mass is 16.5. The molecule has 2 aromatic rings. The van der Waals surface area contributed by atoms with Crippen molar-refractivity contribution in [2.75, 3.05) is 19.6 Å². The molecule has 2 aromatic heterocycles. The molecule has 3 heterocycles. The van der Waals surface area contributed by atoms with Gasteiger partial charge in [-0.3, -0.25) is 0 Å². The zero-order valence-corrected chi connectivity index (χ0v) is 15.1. The summed E-state index contributed by atoms with van der Waals surface area (Å²) in [6, 6.07) is 0. The normalized spacial score (nSPS) is 17.5. The van der Waals surface area contributed by atoms with Crippen LogP contribution in [-0.4, -0.2) is 54.9 Å². The molecule has 8 nitrogen and oxygen atoms in total. The lowest BCUT2D eigenvalue weighted by atomic mass is 9.93. The highest BCUT2D eigenvalue weighted by Gasteiger charge is 2.22. The van der Waals surface area contributed by atoms with Crippen molar-refractivity contribution in [1.29, 1.82) is 0 Å². The Morgan fingerprint density at radius 1 is 1.17 bits per heavy atom. The molecule has 0 saturated carbocycles. The molecule has 132 valence electrons. The summed E-state index contributed by atoms with van der Waals surface area (Å²) >= 11 is 0. The second-order valence-electron chi connectivity index (χ2n) is 7.63. The van der Waals surface area contributed by atoms with E-state index in [1.165, 1.54) is 12.8 Å². The molecule has 0 spiro atoms. The SMILES string of the molecule is Cc1nc(CC2CCN(CCc3nnn(C(C)(C)C)n3)CC2)no1. The second-order valence-corrected chi connectivity index (χ2v) is 7.63. The first-order valence-corrected chi connectivity index (χ1v) is 8.71. The number of piperidine rings is 1. The predicted octanol–water partition coefficient (Wildman–Crippen LogP) is 1.62. The van der Waals surface area contributed by atoms with Gasteiger partial charge in [-0.25, -0.2) is 0 Å². The minimum absolute atomic E-state index is 0.114. The summed E-state index contributed by atoms with van der Waals surface area (Å²) in [6.45, 7) is 11.3. The van der Waals surface area contributed by atoms with Crippen molar-refractivity contribution in [3.8, 4) is 0 Å². The van der Waals surface area contributed by atoms with E-state index in [1.54, 1.807) is 4.80 Å². The zero-order chi connectivity index (χ0) is 17.2. The number of aryl methyl sites for hydroxylation is 1. The number of hydrogen-bond acceptors (Lipinski definition) is 7. The molecule has 1 aliphatic rings. The van der Waals surface area contributed by atoms with E-state index in [2.05, 4.69) is 51.2 Å². The molecule has 0 amide bonds. The van der Waals surface area contributed by atoms with Crippen molar-refractivity contribution in [2.45, 2.75) is 58.9 Å². The summed E-state index contributed by atoms with van der Waals surface area (Å²) in [4.78, 5) is 8.48. The first-order valence-electron chi connectivity index (χ1n) is 8.71. The van der Waals surface area contributed by atoms with E-state index >= 15 is 0 Å². The standard InChI is InChI=1S/C16H27N7O/c1-12-17-15(20-24-12)11-13-5-8-22(9-6-13)10-7-14-18-21-23(19-14)16(2,3)4/h13H,5-11H2,1-4H3. The van der Waals surface area contributed by atoms with Crippen LogP contribution in [0.15, 0.2) is 4.52 Å². The number of likely N-dealkylation sites (tertiary alicyclic amines) is 1. The van der Waals surface area contributed by atoms with Crippen LogP contribution in [0.3, 0.4) is 0 Å². The molecule has 1 fully saturated rings. The van der Waals surface area contributed by atoms with Crippen LogP contribution in [-0.2, 0) is 18.4 Å². The topological polar surface area (TPSA) is 85.8 Å². The second kappa shape index (κ2) is 6.96. The zero-order valence-electron chi connectivity index (χ0n) is 15.1.